The molecule has 2 aliphatic carbocycles. The van der Waals surface area contributed by atoms with Crippen LogP contribution in [0.4, 0.5) is 4.79 Å². The van der Waals surface area contributed by atoms with Crippen molar-refractivity contribution in [1.29, 1.82) is 0 Å². The van der Waals surface area contributed by atoms with Gasteiger partial charge in [-0.15, -0.1) is 0 Å². The molecule has 0 bridgehead atoms. The molecule has 4 fully saturated rings. The highest BCUT2D eigenvalue weighted by atomic mass is 32.2. The van der Waals surface area contributed by atoms with Gasteiger partial charge in [0.2, 0.25) is 27.6 Å². The summed E-state index contributed by atoms with van der Waals surface area (Å²) in [6.07, 6.45) is 7.54. The van der Waals surface area contributed by atoms with Gasteiger partial charge in [-0.25, -0.2) is 13.2 Å². The molecule has 2 saturated carbocycles. The minimum atomic E-state index is -3.41. The molecule has 0 aromatic carbocycles. The van der Waals surface area contributed by atoms with E-state index in [0.29, 0.717) is 32.4 Å². The number of unbranched alkanes of at least 4 members (excludes halogenated alkanes) is 1. The van der Waals surface area contributed by atoms with Crippen LogP contribution < -0.4 is 21.3 Å². The zero-order chi connectivity index (χ0) is 36.3. The van der Waals surface area contributed by atoms with E-state index in [2.05, 4.69) is 35.1 Å². The molecule has 0 aromatic rings. The van der Waals surface area contributed by atoms with Crippen molar-refractivity contribution in [2.45, 2.75) is 130 Å². The third-order valence-corrected chi connectivity index (χ3v) is 13.5. The molecule has 1 unspecified atom stereocenters. The number of hydrogen-bond donors (Lipinski definition) is 4. The smallest absolute Gasteiger partial charge is 0.315 e. The molecule has 2 aliphatic heterocycles. The van der Waals surface area contributed by atoms with E-state index in [0.717, 1.165) is 44.9 Å². The van der Waals surface area contributed by atoms with E-state index in [1.807, 2.05) is 27.7 Å². The Kier molecular flexibility index (Phi) is 12.5. The van der Waals surface area contributed by atoms with Gasteiger partial charge in [-0.1, -0.05) is 73.6 Å². The van der Waals surface area contributed by atoms with Crippen molar-refractivity contribution in [3.05, 3.63) is 0 Å². The first-order valence-corrected chi connectivity index (χ1v) is 20.0. The second-order valence-corrected chi connectivity index (χ2v) is 18.4. The molecule has 13 nitrogen and oxygen atoms in total. The van der Waals surface area contributed by atoms with Crippen molar-refractivity contribution in [2.75, 3.05) is 32.4 Å². The van der Waals surface area contributed by atoms with E-state index >= 15 is 0 Å². The minimum Gasteiger partial charge on any atom is -0.353 e. The Labute approximate surface area is 292 Å². The quantitative estimate of drug-likeness (QED) is 0.213. The number of rotatable bonds is 13. The van der Waals surface area contributed by atoms with Crippen LogP contribution in [0, 0.1) is 28.6 Å². The second kappa shape index (κ2) is 15.7. The number of hydrogen-bond acceptors (Lipinski definition) is 7. The van der Waals surface area contributed by atoms with Gasteiger partial charge in [0.1, 0.15) is 12.1 Å². The average Bonchev–Trinajstić information content (AvgIpc) is 3.35. The maximum absolute atomic E-state index is 14.6. The van der Waals surface area contributed by atoms with E-state index < -0.39 is 63.2 Å². The maximum Gasteiger partial charge on any atom is 0.315 e. The van der Waals surface area contributed by atoms with Crippen LogP contribution >= 0.6 is 0 Å². The van der Waals surface area contributed by atoms with Crippen LogP contribution in [0.5, 0.6) is 0 Å². The Balaban J connectivity index is 1.56. The minimum absolute atomic E-state index is 0.0912. The van der Waals surface area contributed by atoms with Gasteiger partial charge >= 0.3 is 6.03 Å². The molecule has 4 rings (SSSR count). The van der Waals surface area contributed by atoms with E-state index in [1.165, 1.54) is 11.4 Å². The first-order valence-electron chi connectivity index (χ1n) is 18.4. The molecule has 4 aliphatic rings. The number of fused-ring (bicyclic) bond motifs is 1. The van der Waals surface area contributed by atoms with Crippen LogP contribution in [0.2, 0.25) is 0 Å². The standard InChI is InChI=1S/C35H60N6O7S/c1-8-9-17-24(29(42)31(44)36-7)37-30(43)28-26-23(35(26,5)6)20-41(28)32(45)27(22-15-11-10-12-16-22)39-33(46)38-25(34(2,3)4)21-40-18-13-14-19-49(40,47)48/h22-28H,8-21H2,1-7H3,(H,36,44)(H,37,43)(H2,38,39,46)/t23-,24?,25+,26-,27-,28-/m0/s1. The third kappa shape index (κ3) is 8.95. The number of nitrogens with zero attached hydrogens (tertiary/aromatic N) is 2. The van der Waals surface area contributed by atoms with Crippen molar-refractivity contribution < 1.29 is 32.4 Å². The van der Waals surface area contributed by atoms with Crippen LogP contribution in [-0.2, 0) is 29.2 Å². The summed E-state index contributed by atoms with van der Waals surface area (Å²) in [4.78, 5) is 69.2. The zero-order valence-corrected chi connectivity index (χ0v) is 31.4. The first kappa shape index (κ1) is 39.1. The number of ketones is 1. The van der Waals surface area contributed by atoms with E-state index in [9.17, 15) is 32.4 Å². The number of Topliss-reactive ketones (excluding diaryl/α,β-unsaturated/α-hetero) is 1. The van der Waals surface area contributed by atoms with Crippen molar-refractivity contribution in [3.8, 4) is 0 Å². The van der Waals surface area contributed by atoms with Gasteiger partial charge in [0.25, 0.3) is 5.91 Å². The zero-order valence-electron chi connectivity index (χ0n) is 30.6. The first-order chi connectivity index (χ1) is 22.9. The number of likely N-dealkylation sites (N-methyl/N-ethyl adjacent to an activating group) is 1. The molecular formula is C35H60N6O7S. The molecule has 2 heterocycles. The normalized spacial score (nSPS) is 26.8. The topological polar surface area (TPSA) is 174 Å². The predicted molar refractivity (Wildman–Crippen MR) is 187 cm³/mol. The van der Waals surface area contributed by atoms with Crippen molar-refractivity contribution in [1.82, 2.24) is 30.5 Å². The Bertz CT molecular complexity index is 1360. The van der Waals surface area contributed by atoms with Crippen LogP contribution in [0.1, 0.15) is 106 Å². The van der Waals surface area contributed by atoms with Gasteiger partial charge in [-0.2, -0.15) is 4.31 Å². The number of carbonyl (C=O) groups is 5. The second-order valence-electron chi connectivity index (χ2n) is 16.3. The Morgan fingerprint density at radius 3 is 2.20 bits per heavy atom. The van der Waals surface area contributed by atoms with Crippen LogP contribution in [0.15, 0.2) is 0 Å². The maximum atomic E-state index is 14.6. The molecule has 2 saturated heterocycles. The highest BCUT2D eigenvalue weighted by molar-refractivity contribution is 7.89. The number of likely N-dealkylation sites (tertiary alicyclic amines) is 1. The molecule has 0 spiro atoms. The summed E-state index contributed by atoms with van der Waals surface area (Å²) in [5, 5.41) is 11.2. The number of piperidine rings is 1. The van der Waals surface area contributed by atoms with Gasteiger partial charge in [0.15, 0.2) is 0 Å². The number of carbonyl (C=O) groups excluding carboxylic acids is 5. The SMILES string of the molecule is CCCCC(NC(=O)[C@@H]1[C@@H]2[C@H](CN1C(=O)[C@@H](NC(=O)N[C@H](CN1CCCCS1(=O)=O)C(C)(C)C)C1CCCCC1)C2(C)C)C(=O)C(=O)NC. The summed E-state index contributed by atoms with van der Waals surface area (Å²) in [6, 6.07) is -3.77. The van der Waals surface area contributed by atoms with Crippen LogP contribution in [0.3, 0.4) is 0 Å². The fourth-order valence-electron chi connectivity index (χ4n) is 8.18. The number of nitrogens with one attached hydrogen (secondary N) is 4. The van der Waals surface area contributed by atoms with Crippen molar-refractivity contribution >= 4 is 39.6 Å². The number of sulfonamides is 1. The molecule has 5 amide bonds. The molecular weight excluding hydrogens is 648 g/mol. The molecule has 6 atom stereocenters. The fourth-order valence-corrected chi connectivity index (χ4v) is 9.79. The van der Waals surface area contributed by atoms with Crippen molar-refractivity contribution in [3.63, 3.8) is 0 Å². The molecule has 4 N–H and O–H groups in total. The lowest BCUT2D eigenvalue weighted by atomic mass is 9.83. The van der Waals surface area contributed by atoms with E-state index in [4.69, 9.17) is 0 Å². The van der Waals surface area contributed by atoms with Crippen LogP contribution in [-0.4, -0.2) is 104 Å². The van der Waals surface area contributed by atoms with E-state index in [1.54, 1.807) is 4.90 Å². The summed E-state index contributed by atoms with van der Waals surface area (Å²) in [6.45, 7) is 12.9. The monoisotopic (exact) mass is 708 g/mol. The molecule has 14 heteroatoms. The summed E-state index contributed by atoms with van der Waals surface area (Å²) in [7, 11) is -2.03. The average molecular weight is 709 g/mol. The number of urea groups is 1. The molecule has 49 heavy (non-hydrogen) atoms. The third-order valence-electron chi connectivity index (χ3n) is 11.6. The van der Waals surface area contributed by atoms with Gasteiger partial charge in [-0.3, -0.25) is 19.2 Å². The molecule has 278 valence electrons. The summed E-state index contributed by atoms with van der Waals surface area (Å²) < 4.78 is 27.0. The highest BCUT2D eigenvalue weighted by Gasteiger charge is 2.69. The largest absolute Gasteiger partial charge is 0.353 e. The Morgan fingerprint density at radius 2 is 1.61 bits per heavy atom. The summed E-state index contributed by atoms with van der Waals surface area (Å²) in [5.41, 5.74) is -0.650. The van der Waals surface area contributed by atoms with Gasteiger partial charge in [0.05, 0.1) is 11.8 Å². The lowest BCUT2D eigenvalue weighted by molar-refractivity contribution is -0.144. The highest BCUT2D eigenvalue weighted by Crippen LogP contribution is 2.65. The Hall–Kier alpha value is -2.74. The molecule has 0 aromatic heterocycles. The predicted octanol–water partition coefficient (Wildman–Crippen LogP) is 2.55. The van der Waals surface area contributed by atoms with Gasteiger partial charge in [0, 0.05) is 32.7 Å². The van der Waals surface area contributed by atoms with Crippen LogP contribution in [0.25, 0.3) is 0 Å². The summed E-state index contributed by atoms with van der Waals surface area (Å²) >= 11 is 0. The Morgan fingerprint density at radius 1 is 0.939 bits per heavy atom. The molecule has 0 radical (unpaired) electrons. The lowest BCUT2D eigenvalue weighted by Gasteiger charge is -2.39. The van der Waals surface area contributed by atoms with E-state index in [-0.39, 0.29) is 41.4 Å². The summed E-state index contributed by atoms with van der Waals surface area (Å²) in [5.74, 6) is -2.31. The van der Waals surface area contributed by atoms with Gasteiger partial charge in [-0.05, 0) is 60.7 Å². The van der Waals surface area contributed by atoms with Crippen molar-refractivity contribution in [2.24, 2.45) is 28.6 Å². The lowest BCUT2D eigenvalue weighted by Crippen LogP contribution is -2.62. The fraction of sp³-hybridized carbons (Fsp3) is 0.857. The number of amides is 5. The van der Waals surface area contributed by atoms with Gasteiger partial charge < -0.3 is 26.2 Å².